The molecule has 5 nitrogen and oxygen atoms in total. The lowest BCUT2D eigenvalue weighted by Crippen LogP contribution is -2.42. The second-order valence-corrected chi connectivity index (χ2v) is 2.50. The Balaban J connectivity index is 3.62. The molecule has 7 heteroatoms. The molecule has 0 rings (SSSR count). The van der Waals surface area contributed by atoms with E-state index < -0.39 is 13.0 Å². The van der Waals surface area contributed by atoms with E-state index >= 15 is 0 Å². The van der Waals surface area contributed by atoms with Crippen LogP contribution in [0.5, 0.6) is 0 Å². The highest BCUT2D eigenvalue weighted by Gasteiger charge is 2.01. The number of hydrazine groups is 1. The monoisotopic (exact) mass is 210 g/mol. The van der Waals surface area contributed by atoms with Crippen LogP contribution in [0.1, 0.15) is 6.42 Å². The highest BCUT2D eigenvalue weighted by molar-refractivity contribution is 5.79. The number of halogens is 2. The van der Waals surface area contributed by atoms with Crippen LogP contribution < -0.4 is 16.6 Å². The van der Waals surface area contributed by atoms with Crippen molar-refractivity contribution in [2.45, 2.75) is 12.8 Å². The van der Waals surface area contributed by atoms with E-state index in [2.05, 4.69) is 15.7 Å². The first-order valence-electron chi connectivity index (χ1n) is 4.22. The molecule has 84 valence electrons. The smallest absolute Gasteiger partial charge is 0.257 e. The van der Waals surface area contributed by atoms with Crippen molar-refractivity contribution in [3.05, 3.63) is 0 Å². The Kier molecular flexibility index (Phi) is 8.05. The molecule has 0 aliphatic carbocycles. The molecule has 0 aromatic carbocycles. The zero-order chi connectivity index (χ0) is 10.8. The SMILES string of the molecule is COCCCNC(=NCC(F)F)NN. The van der Waals surface area contributed by atoms with E-state index in [0.717, 1.165) is 6.42 Å². The third-order valence-corrected chi connectivity index (χ3v) is 1.34. The molecule has 0 bridgehead atoms. The van der Waals surface area contributed by atoms with Gasteiger partial charge in [0.1, 0.15) is 6.54 Å². The lowest BCUT2D eigenvalue weighted by atomic mass is 10.4. The molecule has 0 saturated heterocycles. The van der Waals surface area contributed by atoms with Crippen LogP contribution in [0.15, 0.2) is 4.99 Å². The van der Waals surface area contributed by atoms with Crippen LogP contribution in [0.4, 0.5) is 8.78 Å². The number of rotatable bonds is 6. The predicted octanol–water partition coefficient (Wildman–Crippen LogP) is -0.303. The number of methoxy groups -OCH3 is 1. The van der Waals surface area contributed by atoms with Crippen molar-refractivity contribution in [1.29, 1.82) is 0 Å². The van der Waals surface area contributed by atoms with Crippen molar-refractivity contribution in [1.82, 2.24) is 10.7 Å². The number of nitrogens with two attached hydrogens (primary N) is 1. The van der Waals surface area contributed by atoms with Gasteiger partial charge in [0, 0.05) is 20.3 Å². The number of guanidine groups is 1. The Morgan fingerprint density at radius 1 is 1.57 bits per heavy atom. The van der Waals surface area contributed by atoms with Crippen LogP contribution >= 0.6 is 0 Å². The summed E-state index contributed by atoms with van der Waals surface area (Å²) in [5.41, 5.74) is 2.20. The minimum absolute atomic E-state index is 0.168. The van der Waals surface area contributed by atoms with Crippen molar-refractivity contribution in [3.8, 4) is 0 Å². The van der Waals surface area contributed by atoms with Gasteiger partial charge in [-0.3, -0.25) is 5.43 Å². The number of alkyl halides is 2. The molecule has 0 aliphatic rings. The van der Waals surface area contributed by atoms with Crippen LogP contribution in [-0.4, -0.2) is 39.2 Å². The number of hydrogen-bond acceptors (Lipinski definition) is 3. The Morgan fingerprint density at radius 2 is 2.29 bits per heavy atom. The minimum atomic E-state index is -2.46. The maximum Gasteiger partial charge on any atom is 0.257 e. The molecule has 0 spiro atoms. The van der Waals surface area contributed by atoms with E-state index in [0.29, 0.717) is 13.2 Å². The molecule has 0 aliphatic heterocycles. The zero-order valence-corrected chi connectivity index (χ0v) is 8.09. The summed E-state index contributed by atoms with van der Waals surface area (Å²) in [6.45, 7) is 0.608. The summed E-state index contributed by atoms with van der Waals surface area (Å²) in [5, 5.41) is 2.76. The first kappa shape index (κ1) is 13.1. The summed E-state index contributed by atoms with van der Waals surface area (Å²) in [4.78, 5) is 3.52. The van der Waals surface area contributed by atoms with Gasteiger partial charge in [-0.1, -0.05) is 0 Å². The van der Waals surface area contributed by atoms with Crippen LogP contribution in [0.2, 0.25) is 0 Å². The van der Waals surface area contributed by atoms with Gasteiger partial charge in [-0.25, -0.2) is 19.6 Å². The van der Waals surface area contributed by atoms with E-state index in [9.17, 15) is 8.78 Å². The maximum absolute atomic E-state index is 11.8. The van der Waals surface area contributed by atoms with E-state index in [4.69, 9.17) is 10.6 Å². The number of aliphatic imine (C=N–C) groups is 1. The fourth-order valence-electron chi connectivity index (χ4n) is 0.736. The molecule has 0 unspecified atom stereocenters. The van der Waals surface area contributed by atoms with Crippen LogP contribution in [0, 0.1) is 0 Å². The van der Waals surface area contributed by atoms with Crippen LogP contribution in [0.3, 0.4) is 0 Å². The van der Waals surface area contributed by atoms with Crippen molar-refractivity contribution in [3.63, 3.8) is 0 Å². The zero-order valence-electron chi connectivity index (χ0n) is 8.09. The van der Waals surface area contributed by atoms with Crippen molar-refractivity contribution >= 4 is 5.96 Å². The highest BCUT2D eigenvalue weighted by atomic mass is 19.3. The third kappa shape index (κ3) is 7.69. The van der Waals surface area contributed by atoms with Gasteiger partial charge in [-0.15, -0.1) is 0 Å². The first-order chi connectivity index (χ1) is 6.70. The van der Waals surface area contributed by atoms with Gasteiger partial charge in [0.05, 0.1) is 0 Å². The van der Waals surface area contributed by atoms with Gasteiger partial charge in [-0.05, 0) is 6.42 Å². The molecule has 4 N–H and O–H groups in total. The second-order valence-electron chi connectivity index (χ2n) is 2.50. The molecule has 0 saturated carbocycles. The van der Waals surface area contributed by atoms with E-state index in [1.165, 1.54) is 0 Å². The summed E-state index contributed by atoms with van der Waals surface area (Å²) >= 11 is 0. The average Bonchev–Trinajstić information content (AvgIpc) is 2.16. The predicted molar refractivity (Wildman–Crippen MR) is 50.1 cm³/mol. The molecular formula is C7H16F2N4O. The molecule has 0 amide bonds. The number of ether oxygens (including phenoxy) is 1. The largest absolute Gasteiger partial charge is 0.385 e. The molecule has 0 radical (unpaired) electrons. The average molecular weight is 210 g/mol. The van der Waals surface area contributed by atoms with Crippen LogP contribution in [0.25, 0.3) is 0 Å². The van der Waals surface area contributed by atoms with Crippen molar-refractivity contribution in [2.75, 3.05) is 26.8 Å². The summed E-state index contributed by atoms with van der Waals surface area (Å²) in [5.74, 6) is 5.22. The van der Waals surface area contributed by atoms with E-state index in [1.54, 1.807) is 7.11 Å². The maximum atomic E-state index is 11.8. The highest BCUT2D eigenvalue weighted by Crippen LogP contribution is 1.91. The number of nitrogens with zero attached hydrogens (tertiary/aromatic N) is 1. The fraction of sp³-hybridized carbons (Fsp3) is 0.857. The molecule has 0 heterocycles. The standard InChI is InChI=1S/C7H16F2N4O/c1-14-4-2-3-11-7(13-10)12-5-6(8)9/h6H,2-5,10H2,1H3,(H2,11,12,13). The quantitative estimate of drug-likeness (QED) is 0.185. The second kappa shape index (κ2) is 8.64. The fourth-order valence-corrected chi connectivity index (χ4v) is 0.736. The van der Waals surface area contributed by atoms with Gasteiger partial charge in [0.2, 0.25) is 5.96 Å². The van der Waals surface area contributed by atoms with Crippen molar-refractivity contribution in [2.24, 2.45) is 10.8 Å². The third-order valence-electron chi connectivity index (χ3n) is 1.34. The minimum Gasteiger partial charge on any atom is -0.385 e. The Labute approximate surface area is 81.7 Å². The van der Waals surface area contributed by atoms with Crippen molar-refractivity contribution < 1.29 is 13.5 Å². The molecule has 0 atom stereocenters. The molecule has 0 fully saturated rings. The Hall–Kier alpha value is -0.950. The van der Waals surface area contributed by atoms with Gasteiger partial charge in [0.15, 0.2) is 0 Å². The molecule has 0 aromatic heterocycles. The van der Waals surface area contributed by atoms with Gasteiger partial charge in [-0.2, -0.15) is 0 Å². The van der Waals surface area contributed by atoms with Gasteiger partial charge < -0.3 is 10.1 Å². The summed E-state index contributed by atoms with van der Waals surface area (Å²) in [7, 11) is 1.59. The molecule has 0 aromatic rings. The van der Waals surface area contributed by atoms with Gasteiger partial charge >= 0.3 is 0 Å². The summed E-state index contributed by atoms with van der Waals surface area (Å²) in [6, 6.07) is 0. The number of hydrogen-bond donors (Lipinski definition) is 3. The topological polar surface area (TPSA) is 71.7 Å². The normalized spacial score (nSPS) is 11.9. The summed E-state index contributed by atoms with van der Waals surface area (Å²) in [6.07, 6.45) is -1.70. The van der Waals surface area contributed by atoms with E-state index in [-0.39, 0.29) is 5.96 Å². The number of nitrogens with one attached hydrogen (secondary N) is 2. The lowest BCUT2D eigenvalue weighted by Gasteiger charge is -2.08. The Morgan fingerprint density at radius 3 is 2.79 bits per heavy atom. The van der Waals surface area contributed by atoms with E-state index in [1.807, 2.05) is 0 Å². The lowest BCUT2D eigenvalue weighted by molar-refractivity contribution is 0.158. The Bertz CT molecular complexity index is 166. The van der Waals surface area contributed by atoms with Crippen LogP contribution in [-0.2, 0) is 4.74 Å². The first-order valence-corrected chi connectivity index (χ1v) is 4.22. The van der Waals surface area contributed by atoms with Gasteiger partial charge in [0.25, 0.3) is 6.43 Å². The summed E-state index contributed by atoms with van der Waals surface area (Å²) < 4.78 is 28.3. The molecular weight excluding hydrogens is 194 g/mol. The molecule has 14 heavy (non-hydrogen) atoms.